The number of unbranched alkanes of at least 4 members (excludes halogenated alkanes) is 5. The zero-order valence-corrected chi connectivity index (χ0v) is 12.1. The van der Waals surface area contributed by atoms with Crippen LogP contribution < -0.4 is 10.6 Å². The molecule has 0 aromatic carbocycles. The Bertz CT molecular complexity index is 273. The third kappa shape index (κ3) is 14.8. The minimum absolute atomic E-state index is 0.240. The zero-order valence-electron chi connectivity index (χ0n) is 11.3. The largest absolute Gasteiger partial charge is 0.481 e. The van der Waals surface area contributed by atoms with Crippen molar-refractivity contribution in [2.24, 2.45) is 0 Å². The van der Waals surface area contributed by atoms with E-state index in [4.69, 9.17) is 17.3 Å². The first-order chi connectivity index (χ1) is 9.16. The van der Waals surface area contributed by atoms with Crippen LogP contribution in [0.25, 0.3) is 0 Å². The molecule has 0 radical (unpaired) electrons. The lowest BCUT2D eigenvalue weighted by Crippen LogP contribution is -2.36. The van der Waals surface area contributed by atoms with Crippen LogP contribution in [0.5, 0.6) is 0 Å². The summed E-state index contributed by atoms with van der Waals surface area (Å²) in [6.45, 7) is 1.60. The number of carboxylic acid groups (broad SMARTS) is 1. The Hall–Kier alpha value is -1.17. The van der Waals surface area contributed by atoms with E-state index >= 15 is 0 Å². The van der Waals surface area contributed by atoms with Gasteiger partial charge in [-0.05, 0) is 37.9 Å². The Morgan fingerprint density at radius 3 is 2.11 bits per heavy atom. The third-order valence-electron chi connectivity index (χ3n) is 2.64. The first-order valence-electron chi connectivity index (χ1n) is 6.84. The number of hydrogen-bond donors (Lipinski definition) is 3. The molecule has 0 atom stereocenters. The van der Waals surface area contributed by atoms with E-state index in [0.29, 0.717) is 18.0 Å². The molecule has 0 rings (SSSR count). The zero-order chi connectivity index (χ0) is 14.3. The van der Waals surface area contributed by atoms with Crippen molar-refractivity contribution in [3.8, 4) is 0 Å². The first-order valence-corrected chi connectivity index (χ1v) is 7.24. The second-order valence-electron chi connectivity index (χ2n) is 4.40. The Morgan fingerprint density at radius 1 is 1.00 bits per heavy atom. The molecule has 0 amide bonds. The third-order valence-corrected chi connectivity index (χ3v) is 2.93. The minimum atomic E-state index is -0.736. The summed E-state index contributed by atoms with van der Waals surface area (Å²) in [5.41, 5.74) is 0. The standard InChI is InChI=1S/C13H24N2O3S/c16-11-7-2-1-5-9-14-13(19)15-10-6-3-4-8-12(17)18/h11H,1-10H2,(H,17,18)(H2,14,15,19). The summed E-state index contributed by atoms with van der Waals surface area (Å²) in [5.74, 6) is -0.736. The number of thiocarbonyl (C=S) groups is 1. The summed E-state index contributed by atoms with van der Waals surface area (Å²) in [7, 11) is 0. The number of rotatable bonds is 12. The van der Waals surface area contributed by atoms with Crippen molar-refractivity contribution < 1.29 is 14.7 Å². The van der Waals surface area contributed by atoms with Crippen molar-refractivity contribution in [3.63, 3.8) is 0 Å². The molecule has 110 valence electrons. The van der Waals surface area contributed by atoms with Gasteiger partial charge in [-0.3, -0.25) is 4.79 Å². The van der Waals surface area contributed by atoms with E-state index in [0.717, 1.165) is 51.5 Å². The summed E-state index contributed by atoms with van der Waals surface area (Å²) in [6.07, 6.45) is 7.34. The van der Waals surface area contributed by atoms with Gasteiger partial charge in [-0.15, -0.1) is 0 Å². The number of carboxylic acids is 1. The van der Waals surface area contributed by atoms with Gasteiger partial charge in [0, 0.05) is 25.9 Å². The van der Waals surface area contributed by atoms with Crippen molar-refractivity contribution >= 4 is 29.6 Å². The van der Waals surface area contributed by atoms with Crippen LogP contribution in [0.4, 0.5) is 0 Å². The van der Waals surface area contributed by atoms with Gasteiger partial charge in [0.25, 0.3) is 0 Å². The molecule has 0 unspecified atom stereocenters. The Labute approximate surface area is 120 Å². The molecule has 0 heterocycles. The first kappa shape index (κ1) is 17.8. The van der Waals surface area contributed by atoms with Crippen LogP contribution >= 0.6 is 12.2 Å². The van der Waals surface area contributed by atoms with Crippen LogP contribution in [-0.2, 0) is 9.59 Å². The molecule has 0 aliphatic rings. The lowest BCUT2D eigenvalue weighted by Gasteiger charge is -2.09. The van der Waals surface area contributed by atoms with Gasteiger partial charge in [-0.2, -0.15) is 0 Å². The molecule has 0 saturated heterocycles. The Balaban J connectivity index is 3.21. The normalized spacial score (nSPS) is 9.89. The second-order valence-corrected chi connectivity index (χ2v) is 4.81. The van der Waals surface area contributed by atoms with E-state index in [-0.39, 0.29) is 6.42 Å². The quantitative estimate of drug-likeness (QED) is 0.289. The van der Waals surface area contributed by atoms with E-state index < -0.39 is 5.97 Å². The van der Waals surface area contributed by atoms with Gasteiger partial charge in [0.1, 0.15) is 6.29 Å². The van der Waals surface area contributed by atoms with Crippen molar-refractivity contribution in [1.82, 2.24) is 10.6 Å². The molecule has 5 nitrogen and oxygen atoms in total. The molecule has 6 heteroatoms. The summed E-state index contributed by atoms with van der Waals surface area (Å²) in [4.78, 5) is 20.4. The number of aliphatic carboxylic acids is 1. The van der Waals surface area contributed by atoms with Gasteiger partial charge in [0.2, 0.25) is 0 Å². The highest BCUT2D eigenvalue weighted by atomic mass is 32.1. The molecule has 0 aromatic heterocycles. The number of hydrogen-bond acceptors (Lipinski definition) is 3. The fourth-order valence-corrected chi connectivity index (χ4v) is 1.78. The van der Waals surface area contributed by atoms with Crippen LogP contribution in [0.3, 0.4) is 0 Å². The molecule has 0 aliphatic heterocycles. The van der Waals surface area contributed by atoms with Crippen molar-refractivity contribution in [3.05, 3.63) is 0 Å². The van der Waals surface area contributed by atoms with Gasteiger partial charge in [0.15, 0.2) is 5.11 Å². The lowest BCUT2D eigenvalue weighted by molar-refractivity contribution is -0.137. The maximum absolute atomic E-state index is 10.3. The summed E-state index contributed by atoms with van der Waals surface area (Å²) in [6, 6.07) is 0. The number of aldehydes is 1. The van der Waals surface area contributed by atoms with Crippen molar-refractivity contribution in [2.45, 2.75) is 51.4 Å². The number of nitrogens with one attached hydrogen (secondary N) is 2. The van der Waals surface area contributed by atoms with E-state index in [1.807, 2.05) is 0 Å². The monoisotopic (exact) mass is 288 g/mol. The van der Waals surface area contributed by atoms with Crippen LogP contribution in [0.1, 0.15) is 51.4 Å². The smallest absolute Gasteiger partial charge is 0.303 e. The average molecular weight is 288 g/mol. The predicted octanol–water partition coefficient (Wildman–Crippen LogP) is 1.85. The van der Waals surface area contributed by atoms with Crippen LogP contribution in [0.15, 0.2) is 0 Å². The van der Waals surface area contributed by atoms with Crippen LogP contribution in [0, 0.1) is 0 Å². The molecule has 3 N–H and O–H groups in total. The average Bonchev–Trinajstić information content (AvgIpc) is 2.37. The maximum atomic E-state index is 10.3. The molecule has 0 saturated carbocycles. The van der Waals surface area contributed by atoms with Gasteiger partial charge >= 0.3 is 5.97 Å². The van der Waals surface area contributed by atoms with E-state index in [9.17, 15) is 9.59 Å². The second kappa shape index (κ2) is 13.3. The Kier molecular flexibility index (Phi) is 12.4. The van der Waals surface area contributed by atoms with Crippen LogP contribution in [0.2, 0.25) is 0 Å². The highest BCUT2D eigenvalue weighted by molar-refractivity contribution is 7.80. The van der Waals surface area contributed by atoms with E-state index in [1.165, 1.54) is 0 Å². The molecule has 0 aromatic rings. The topological polar surface area (TPSA) is 78.4 Å². The molecule has 0 fully saturated rings. The molecule has 0 bridgehead atoms. The highest BCUT2D eigenvalue weighted by Gasteiger charge is 1.97. The molecule has 0 aliphatic carbocycles. The summed E-state index contributed by atoms with van der Waals surface area (Å²) >= 11 is 5.10. The van der Waals surface area contributed by atoms with E-state index in [1.54, 1.807) is 0 Å². The molecule has 0 spiro atoms. The van der Waals surface area contributed by atoms with Crippen LogP contribution in [-0.4, -0.2) is 35.6 Å². The summed E-state index contributed by atoms with van der Waals surface area (Å²) < 4.78 is 0. The minimum Gasteiger partial charge on any atom is -0.481 e. The molecular formula is C13H24N2O3S. The van der Waals surface area contributed by atoms with Gasteiger partial charge in [-0.1, -0.05) is 12.8 Å². The molecular weight excluding hydrogens is 264 g/mol. The lowest BCUT2D eigenvalue weighted by atomic mass is 10.2. The SMILES string of the molecule is O=CCCCCCNC(=S)NCCCCCC(=O)O. The fourth-order valence-electron chi connectivity index (χ4n) is 1.57. The van der Waals surface area contributed by atoms with Gasteiger partial charge < -0.3 is 20.5 Å². The number of carbonyl (C=O) groups is 2. The maximum Gasteiger partial charge on any atom is 0.303 e. The predicted molar refractivity (Wildman–Crippen MR) is 79.2 cm³/mol. The van der Waals surface area contributed by atoms with Gasteiger partial charge in [0.05, 0.1) is 0 Å². The number of carbonyl (C=O) groups excluding carboxylic acids is 1. The highest BCUT2D eigenvalue weighted by Crippen LogP contribution is 1.98. The fraction of sp³-hybridized carbons (Fsp3) is 0.769. The van der Waals surface area contributed by atoms with E-state index in [2.05, 4.69) is 10.6 Å². The Morgan fingerprint density at radius 2 is 1.58 bits per heavy atom. The summed E-state index contributed by atoms with van der Waals surface area (Å²) in [5, 5.41) is 15.3. The van der Waals surface area contributed by atoms with Crippen molar-refractivity contribution in [1.29, 1.82) is 0 Å². The molecule has 19 heavy (non-hydrogen) atoms. The van der Waals surface area contributed by atoms with Crippen molar-refractivity contribution in [2.75, 3.05) is 13.1 Å². The van der Waals surface area contributed by atoms with Gasteiger partial charge in [-0.25, -0.2) is 0 Å².